The average Bonchev–Trinajstić information content (AvgIpc) is 2.89. The average molecular weight is 487 g/mol. The number of aromatic nitrogens is 2. The lowest BCUT2D eigenvalue weighted by Gasteiger charge is -2.32. The number of aryl methyl sites for hydroxylation is 1. The van der Waals surface area contributed by atoms with Crippen molar-refractivity contribution in [3.05, 3.63) is 111 Å². The molecule has 0 bridgehead atoms. The van der Waals surface area contributed by atoms with Crippen molar-refractivity contribution in [2.45, 2.75) is 39.3 Å². The quantitative estimate of drug-likeness (QED) is 0.367. The number of hydrogen-bond donors (Lipinski definition) is 1. The molecular weight excluding hydrogens is 455 g/mol. The first-order valence-corrected chi connectivity index (χ1v) is 12.2. The zero-order valence-corrected chi connectivity index (χ0v) is 20.7. The second-order valence-corrected chi connectivity index (χ2v) is 8.94. The molecule has 7 heteroatoms. The van der Waals surface area contributed by atoms with Crippen LogP contribution in [0.25, 0.3) is 10.9 Å². The third-order valence-corrected chi connectivity index (χ3v) is 6.35. The Labute approximate surface area is 210 Å². The van der Waals surface area contributed by atoms with Gasteiger partial charge in [0.1, 0.15) is 11.6 Å². The van der Waals surface area contributed by atoms with Crippen LogP contribution in [0.1, 0.15) is 53.1 Å². The molecule has 0 radical (unpaired) electrons. The molecule has 1 aromatic heterocycles. The molecule has 4 rings (SSSR count). The summed E-state index contributed by atoms with van der Waals surface area (Å²) in [4.78, 5) is 33.9. The number of nitrogens with two attached hydrogens (primary N) is 1. The van der Waals surface area contributed by atoms with E-state index in [0.717, 1.165) is 11.1 Å². The lowest BCUT2D eigenvalue weighted by molar-refractivity contribution is 0.0655. The predicted molar refractivity (Wildman–Crippen MR) is 140 cm³/mol. The molecule has 0 aliphatic rings. The van der Waals surface area contributed by atoms with Gasteiger partial charge in [-0.25, -0.2) is 9.37 Å². The van der Waals surface area contributed by atoms with E-state index < -0.39 is 11.9 Å². The van der Waals surface area contributed by atoms with Crippen LogP contribution >= 0.6 is 0 Å². The molecule has 4 aromatic rings. The first kappa shape index (κ1) is 25.3. The number of nitrogens with zero attached hydrogens (tertiary/aromatic N) is 3. The third kappa shape index (κ3) is 5.36. The van der Waals surface area contributed by atoms with E-state index >= 15 is 0 Å². The molecule has 0 aliphatic carbocycles. The Hall–Kier alpha value is -3.84. The van der Waals surface area contributed by atoms with Gasteiger partial charge in [-0.15, -0.1) is 0 Å². The van der Waals surface area contributed by atoms with Crippen molar-refractivity contribution >= 4 is 16.8 Å². The molecule has 0 fully saturated rings. The van der Waals surface area contributed by atoms with Gasteiger partial charge in [0.05, 0.1) is 23.5 Å². The van der Waals surface area contributed by atoms with Crippen LogP contribution in [0.15, 0.2) is 77.6 Å². The highest BCUT2D eigenvalue weighted by Gasteiger charge is 2.29. The van der Waals surface area contributed by atoms with Crippen molar-refractivity contribution in [3.63, 3.8) is 0 Å². The smallest absolute Gasteiger partial charge is 0.261 e. The van der Waals surface area contributed by atoms with Crippen LogP contribution < -0.4 is 11.3 Å². The fourth-order valence-corrected chi connectivity index (χ4v) is 4.45. The minimum Gasteiger partial charge on any atom is -0.330 e. The number of fused-ring (bicyclic) bond motifs is 1. The molecule has 2 N–H and O–H groups in total. The van der Waals surface area contributed by atoms with Gasteiger partial charge in [0.15, 0.2) is 0 Å². The van der Waals surface area contributed by atoms with Gasteiger partial charge in [0.2, 0.25) is 0 Å². The molecule has 1 unspecified atom stereocenters. The SMILES string of the molecule is CCC(c1nc2cc(F)ccc2c(=O)n1Cc1ccccc1)N(CCCN)C(=O)c1ccc(C)cc1. The van der Waals surface area contributed by atoms with Gasteiger partial charge in [0.25, 0.3) is 11.5 Å². The normalized spacial score (nSPS) is 12.0. The van der Waals surface area contributed by atoms with Crippen molar-refractivity contribution in [1.29, 1.82) is 0 Å². The summed E-state index contributed by atoms with van der Waals surface area (Å²) >= 11 is 0. The molecule has 3 aromatic carbocycles. The molecular formula is C29H31FN4O2. The number of carbonyl (C=O) groups excluding carboxylic acids is 1. The lowest BCUT2D eigenvalue weighted by atomic mass is 10.1. The molecule has 1 amide bonds. The second-order valence-electron chi connectivity index (χ2n) is 8.94. The summed E-state index contributed by atoms with van der Waals surface area (Å²) in [5.41, 5.74) is 8.37. The fraction of sp³-hybridized carbons (Fsp3) is 0.276. The molecule has 6 nitrogen and oxygen atoms in total. The number of halogens is 1. The predicted octanol–water partition coefficient (Wildman–Crippen LogP) is 4.83. The Morgan fingerprint density at radius 1 is 1.08 bits per heavy atom. The summed E-state index contributed by atoms with van der Waals surface area (Å²) in [5.74, 6) is -0.193. The van der Waals surface area contributed by atoms with E-state index in [1.165, 1.54) is 18.2 Å². The van der Waals surface area contributed by atoms with E-state index in [0.29, 0.717) is 42.7 Å². The van der Waals surface area contributed by atoms with E-state index in [9.17, 15) is 14.0 Å². The van der Waals surface area contributed by atoms with E-state index in [2.05, 4.69) is 0 Å². The Kier molecular flexibility index (Phi) is 7.90. The maximum absolute atomic E-state index is 14.1. The topological polar surface area (TPSA) is 81.2 Å². The molecule has 0 saturated heterocycles. The van der Waals surface area contributed by atoms with Crippen molar-refractivity contribution in [2.75, 3.05) is 13.1 Å². The Bertz CT molecular complexity index is 1400. The van der Waals surface area contributed by atoms with Crippen LogP contribution in [0.5, 0.6) is 0 Å². The minimum atomic E-state index is -0.505. The summed E-state index contributed by atoms with van der Waals surface area (Å²) < 4.78 is 15.7. The van der Waals surface area contributed by atoms with Crippen molar-refractivity contribution < 1.29 is 9.18 Å². The van der Waals surface area contributed by atoms with Gasteiger partial charge < -0.3 is 10.6 Å². The maximum Gasteiger partial charge on any atom is 0.261 e. The van der Waals surface area contributed by atoms with Crippen LogP contribution in [0, 0.1) is 12.7 Å². The number of rotatable bonds is 9. The monoisotopic (exact) mass is 486 g/mol. The van der Waals surface area contributed by atoms with Crippen LogP contribution in [-0.4, -0.2) is 33.4 Å². The highest BCUT2D eigenvalue weighted by molar-refractivity contribution is 5.94. The molecule has 0 saturated carbocycles. The van der Waals surface area contributed by atoms with Crippen molar-refractivity contribution in [3.8, 4) is 0 Å². The standard InChI is InChI=1S/C29H31FN4O2/c1-3-26(33(17-7-16-31)28(35)22-12-10-20(2)11-13-22)27-32-25-18-23(30)14-15-24(25)29(36)34(27)19-21-8-5-4-6-9-21/h4-6,8-15,18,26H,3,7,16-17,19,31H2,1-2H3. The minimum absolute atomic E-state index is 0.157. The summed E-state index contributed by atoms with van der Waals surface area (Å²) in [7, 11) is 0. The zero-order chi connectivity index (χ0) is 25.7. The molecule has 1 heterocycles. The molecule has 186 valence electrons. The maximum atomic E-state index is 14.1. The molecule has 1 atom stereocenters. The van der Waals surface area contributed by atoms with Gasteiger partial charge in [-0.3, -0.25) is 14.2 Å². The molecule has 36 heavy (non-hydrogen) atoms. The number of hydrogen-bond acceptors (Lipinski definition) is 4. The van der Waals surface area contributed by atoms with Crippen LogP contribution in [-0.2, 0) is 6.54 Å². The van der Waals surface area contributed by atoms with E-state index in [-0.39, 0.29) is 23.5 Å². The molecule has 0 aliphatic heterocycles. The largest absolute Gasteiger partial charge is 0.330 e. The molecule has 0 spiro atoms. The summed E-state index contributed by atoms with van der Waals surface area (Å²) in [6.07, 6.45) is 1.11. The Morgan fingerprint density at radius 3 is 2.47 bits per heavy atom. The first-order chi connectivity index (χ1) is 17.4. The zero-order valence-electron chi connectivity index (χ0n) is 20.7. The third-order valence-electron chi connectivity index (χ3n) is 6.35. The Morgan fingerprint density at radius 2 is 1.81 bits per heavy atom. The van der Waals surface area contributed by atoms with E-state index in [1.807, 2.05) is 56.3 Å². The van der Waals surface area contributed by atoms with Gasteiger partial charge >= 0.3 is 0 Å². The summed E-state index contributed by atoms with van der Waals surface area (Å²) in [5, 5.41) is 0.337. The van der Waals surface area contributed by atoms with Crippen molar-refractivity contribution in [1.82, 2.24) is 14.5 Å². The Balaban J connectivity index is 1.89. The van der Waals surface area contributed by atoms with E-state index in [4.69, 9.17) is 10.7 Å². The number of amides is 1. The van der Waals surface area contributed by atoms with Gasteiger partial charge in [-0.05, 0) is 56.1 Å². The highest BCUT2D eigenvalue weighted by atomic mass is 19.1. The van der Waals surface area contributed by atoms with Gasteiger partial charge in [0, 0.05) is 18.2 Å². The number of carbonyl (C=O) groups is 1. The fourth-order valence-electron chi connectivity index (χ4n) is 4.45. The van der Waals surface area contributed by atoms with Crippen LogP contribution in [0.2, 0.25) is 0 Å². The lowest BCUT2D eigenvalue weighted by Crippen LogP contribution is -2.40. The van der Waals surface area contributed by atoms with Gasteiger partial charge in [-0.2, -0.15) is 0 Å². The second kappa shape index (κ2) is 11.3. The summed E-state index contributed by atoms with van der Waals surface area (Å²) in [6, 6.07) is 20.5. The van der Waals surface area contributed by atoms with Gasteiger partial charge in [-0.1, -0.05) is 55.0 Å². The van der Waals surface area contributed by atoms with E-state index in [1.54, 1.807) is 21.6 Å². The van der Waals surface area contributed by atoms with Crippen LogP contribution in [0.4, 0.5) is 4.39 Å². The van der Waals surface area contributed by atoms with Crippen LogP contribution in [0.3, 0.4) is 0 Å². The first-order valence-electron chi connectivity index (χ1n) is 12.2. The highest BCUT2D eigenvalue weighted by Crippen LogP contribution is 2.27. The number of benzene rings is 3. The van der Waals surface area contributed by atoms with Crippen molar-refractivity contribution in [2.24, 2.45) is 5.73 Å². The summed E-state index contributed by atoms with van der Waals surface area (Å²) in [6.45, 7) is 5.04.